The molecule has 1 aromatic rings. The first-order chi connectivity index (χ1) is 8.88. The van der Waals surface area contributed by atoms with Gasteiger partial charge in [-0.15, -0.1) is 0 Å². The Hall–Kier alpha value is -1.00. The molecule has 0 aromatic heterocycles. The SMILES string of the molecule is CC(C)(C)C1CN(Cc2c(F)cccc2F)CCN1. The molecule has 1 unspecified atom stereocenters. The van der Waals surface area contributed by atoms with Crippen LogP contribution < -0.4 is 5.32 Å². The molecule has 1 N–H and O–H groups in total. The third-order valence-electron chi connectivity index (χ3n) is 3.75. The lowest BCUT2D eigenvalue weighted by atomic mass is 9.85. The average Bonchev–Trinajstić information content (AvgIpc) is 2.33. The summed E-state index contributed by atoms with van der Waals surface area (Å²) in [4.78, 5) is 2.12. The molecular formula is C15H22F2N2. The van der Waals surface area contributed by atoms with Crippen LogP contribution >= 0.6 is 0 Å². The lowest BCUT2D eigenvalue weighted by Crippen LogP contribution is -2.55. The summed E-state index contributed by atoms with van der Waals surface area (Å²) in [6.07, 6.45) is 0. The van der Waals surface area contributed by atoms with Crippen molar-refractivity contribution in [1.29, 1.82) is 0 Å². The van der Waals surface area contributed by atoms with Crippen molar-refractivity contribution in [3.05, 3.63) is 35.4 Å². The van der Waals surface area contributed by atoms with E-state index in [-0.39, 0.29) is 11.0 Å². The highest BCUT2D eigenvalue weighted by atomic mass is 19.1. The maximum Gasteiger partial charge on any atom is 0.130 e. The molecule has 1 heterocycles. The number of halogens is 2. The van der Waals surface area contributed by atoms with Gasteiger partial charge in [0.15, 0.2) is 0 Å². The fraction of sp³-hybridized carbons (Fsp3) is 0.600. The van der Waals surface area contributed by atoms with Gasteiger partial charge in [-0.1, -0.05) is 26.8 Å². The van der Waals surface area contributed by atoms with Crippen molar-refractivity contribution in [2.24, 2.45) is 5.41 Å². The van der Waals surface area contributed by atoms with Gasteiger partial charge in [0.05, 0.1) is 0 Å². The fourth-order valence-electron chi connectivity index (χ4n) is 2.44. The van der Waals surface area contributed by atoms with E-state index in [1.807, 2.05) is 0 Å². The molecule has 0 spiro atoms. The van der Waals surface area contributed by atoms with Crippen molar-refractivity contribution in [3.63, 3.8) is 0 Å². The maximum absolute atomic E-state index is 13.7. The van der Waals surface area contributed by atoms with Gasteiger partial charge in [-0.3, -0.25) is 4.90 Å². The molecular weight excluding hydrogens is 246 g/mol. The molecule has 2 nitrogen and oxygen atoms in total. The van der Waals surface area contributed by atoms with Crippen LogP contribution in [0, 0.1) is 17.0 Å². The zero-order chi connectivity index (χ0) is 14.0. The molecule has 1 atom stereocenters. The predicted octanol–water partition coefficient (Wildman–Crippen LogP) is 2.78. The van der Waals surface area contributed by atoms with Crippen molar-refractivity contribution in [3.8, 4) is 0 Å². The molecule has 4 heteroatoms. The third-order valence-corrected chi connectivity index (χ3v) is 3.75. The summed E-state index contributed by atoms with van der Waals surface area (Å²) in [7, 11) is 0. The Labute approximate surface area is 113 Å². The summed E-state index contributed by atoms with van der Waals surface area (Å²) in [5, 5.41) is 3.47. The van der Waals surface area contributed by atoms with Crippen LogP contribution in [0.2, 0.25) is 0 Å². The van der Waals surface area contributed by atoms with Crippen LogP contribution in [0.1, 0.15) is 26.3 Å². The fourth-order valence-corrected chi connectivity index (χ4v) is 2.44. The number of hydrogen-bond acceptors (Lipinski definition) is 2. The highest BCUT2D eigenvalue weighted by Gasteiger charge is 2.29. The Kier molecular flexibility index (Phi) is 4.21. The molecule has 1 aliphatic rings. The van der Waals surface area contributed by atoms with Gasteiger partial charge in [0.25, 0.3) is 0 Å². The number of piperazine rings is 1. The second-order valence-corrected chi connectivity index (χ2v) is 6.31. The van der Waals surface area contributed by atoms with E-state index in [2.05, 4.69) is 31.0 Å². The van der Waals surface area contributed by atoms with Crippen LogP contribution in [0.3, 0.4) is 0 Å². The van der Waals surface area contributed by atoms with E-state index in [1.165, 1.54) is 18.2 Å². The summed E-state index contributed by atoms with van der Waals surface area (Å²) < 4.78 is 27.3. The monoisotopic (exact) mass is 268 g/mol. The molecule has 1 saturated heterocycles. The van der Waals surface area contributed by atoms with Gasteiger partial charge < -0.3 is 5.32 Å². The molecule has 19 heavy (non-hydrogen) atoms. The minimum Gasteiger partial charge on any atom is -0.311 e. The van der Waals surface area contributed by atoms with Crippen molar-refractivity contribution >= 4 is 0 Å². The minimum absolute atomic E-state index is 0.145. The topological polar surface area (TPSA) is 15.3 Å². The molecule has 1 aromatic carbocycles. The Bertz CT molecular complexity index is 420. The molecule has 0 saturated carbocycles. The van der Waals surface area contributed by atoms with Crippen molar-refractivity contribution in [2.75, 3.05) is 19.6 Å². The van der Waals surface area contributed by atoms with E-state index in [9.17, 15) is 8.78 Å². The summed E-state index contributed by atoms with van der Waals surface area (Å²) in [5.41, 5.74) is 0.323. The van der Waals surface area contributed by atoms with Crippen molar-refractivity contribution in [2.45, 2.75) is 33.4 Å². The van der Waals surface area contributed by atoms with Gasteiger partial charge in [0, 0.05) is 37.8 Å². The molecule has 1 aliphatic heterocycles. The standard InChI is InChI=1S/C15H22F2N2/c1-15(2,3)14-10-19(8-7-18-14)9-11-12(16)5-4-6-13(11)17/h4-6,14,18H,7-10H2,1-3H3. The van der Waals surface area contributed by atoms with Gasteiger partial charge in [0.2, 0.25) is 0 Å². The van der Waals surface area contributed by atoms with Gasteiger partial charge in [-0.25, -0.2) is 8.78 Å². The third kappa shape index (κ3) is 3.51. The van der Waals surface area contributed by atoms with Crippen molar-refractivity contribution < 1.29 is 8.78 Å². The van der Waals surface area contributed by atoms with Gasteiger partial charge in [-0.2, -0.15) is 0 Å². The van der Waals surface area contributed by atoms with Gasteiger partial charge >= 0.3 is 0 Å². The first-order valence-electron chi connectivity index (χ1n) is 6.76. The van der Waals surface area contributed by atoms with Gasteiger partial charge in [0.1, 0.15) is 11.6 Å². The molecule has 2 rings (SSSR count). The van der Waals surface area contributed by atoms with Crippen LogP contribution in [0.5, 0.6) is 0 Å². The van der Waals surface area contributed by atoms with Crippen LogP contribution in [0.25, 0.3) is 0 Å². The largest absolute Gasteiger partial charge is 0.311 e. The zero-order valence-electron chi connectivity index (χ0n) is 11.8. The molecule has 0 radical (unpaired) electrons. The average molecular weight is 268 g/mol. The maximum atomic E-state index is 13.7. The van der Waals surface area contributed by atoms with E-state index in [0.29, 0.717) is 12.6 Å². The van der Waals surface area contributed by atoms with Crippen molar-refractivity contribution in [1.82, 2.24) is 10.2 Å². The summed E-state index contributed by atoms with van der Waals surface area (Å²) >= 11 is 0. The molecule has 0 amide bonds. The Balaban J connectivity index is 2.07. The van der Waals surface area contributed by atoms with E-state index in [0.717, 1.165) is 19.6 Å². The van der Waals surface area contributed by atoms with Crippen LogP contribution in [-0.4, -0.2) is 30.6 Å². The Morgan fingerprint density at radius 3 is 2.47 bits per heavy atom. The molecule has 1 fully saturated rings. The number of nitrogens with one attached hydrogen (secondary N) is 1. The van der Waals surface area contributed by atoms with Gasteiger partial charge in [-0.05, 0) is 17.5 Å². The lowest BCUT2D eigenvalue weighted by Gasteiger charge is -2.40. The second-order valence-electron chi connectivity index (χ2n) is 6.31. The highest BCUT2D eigenvalue weighted by Crippen LogP contribution is 2.23. The van der Waals surface area contributed by atoms with Crippen LogP contribution in [0.15, 0.2) is 18.2 Å². The highest BCUT2D eigenvalue weighted by molar-refractivity contribution is 5.19. The zero-order valence-corrected chi connectivity index (χ0v) is 11.8. The predicted molar refractivity (Wildman–Crippen MR) is 72.9 cm³/mol. The summed E-state index contributed by atoms with van der Waals surface area (Å²) in [5.74, 6) is -0.906. The molecule has 106 valence electrons. The van der Waals surface area contributed by atoms with E-state index >= 15 is 0 Å². The number of hydrogen-bond donors (Lipinski definition) is 1. The number of nitrogens with zero attached hydrogens (tertiary/aromatic N) is 1. The van der Waals surface area contributed by atoms with E-state index in [1.54, 1.807) is 0 Å². The second kappa shape index (κ2) is 5.55. The van der Waals surface area contributed by atoms with E-state index < -0.39 is 11.6 Å². The first-order valence-corrected chi connectivity index (χ1v) is 6.76. The smallest absolute Gasteiger partial charge is 0.130 e. The molecule has 0 aliphatic carbocycles. The quantitative estimate of drug-likeness (QED) is 0.887. The Morgan fingerprint density at radius 2 is 1.89 bits per heavy atom. The summed E-state index contributed by atoms with van der Waals surface area (Å²) in [6, 6.07) is 4.39. The normalized spacial score (nSPS) is 21.6. The number of benzene rings is 1. The van der Waals surface area contributed by atoms with Crippen LogP contribution in [0.4, 0.5) is 8.78 Å². The lowest BCUT2D eigenvalue weighted by molar-refractivity contribution is 0.127. The first kappa shape index (κ1) is 14.4. The minimum atomic E-state index is -0.453. The van der Waals surface area contributed by atoms with Crippen LogP contribution in [-0.2, 0) is 6.54 Å². The van der Waals surface area contributed by atoms with E-state index in [4.69, 9.17) is 0 Å². The number of rotatable bonds is 2. The Morgan fingerprint density at radius 1 is 1.26 bits per heavy atom. The molecule has 0 bridgehead atoms. The summed E-state index contributed by atoms with van der Waals surface area (Å²) in [6.45, 7) is 9.37.